The lowest BCUT2D eigenvalue weighted by atomic mass is 9.87. The number of amides is 2. The van der Waals surface area contributed by atoms with E-state index in [2.05, 4.69) is 61.2 Å². The average molecular weight is 553 g/mol. The molecule has 2 aromatic carbocycles. The molecule has 1 atom stereocenters. The molecule has 3 fully saturated rings. The topological polar surface area (TPSA) is 69.4 Å². The molecule has 4 aliphatic rings. The van der Waals surface area contributed by atoms with Crippen LogP contribution in [0.1, 0.15) is 57.3 Å². The molecule has 3 aliphatic heterocycles. The number of carbonyl (C=O) groups excluding carboxylic acids is 2. The molecule has 0 unspecified atom stereocenters. The number of hydrogen-bond acceptors (Lipinski definition) is 5. The Hall–Kier alpha value is -3.45. The van der Waals surface area contributed by atoms with Gasteiger partial charge in [-0.3, -0.25) is 19.5 Å². The van der Waals surface area contributed by atoms with Crippen molar-refractivity contribution in [2.75, 3.05) is 32.7 Å². The summed E-state index contributed by atoms with van der Waals surface area (Å²) in [5.74, 6) is 2.69. The largest absolute Gasteiger partial charge is 0.461 e. The van der Waals surface area contributed by atoms with Crippen molar-refractivity contribution in [3.05, 3.63) is 59.9 Å². The molecule has 41 heavy (non-hydrogen) atoms. The van der Waals surface area contributed by atoms with Gasteiger partial charge in [0.05, 0.1) is 0 Å². The van der Waals surface area contributed by atoms with Gasteiger partial charge < -0.3 is 14.2 Å². The molecule has 1 spiro atoms. The second-order valence-electron chi connectivity index (χ2n) is 12.9. The maximum atomic E-state index is 14.2. The van der Waals surface area contributed by atoms with Crippen molar-refractivity contribution in [2.45, 2.75) is 64.5 Å². The Morgan fingerprint density at radius 2 is 1.68 bits per heavy atom. The molecule has 7 heteroatoms. The predicted molar refractivity (Wildman–Crippen MR) is 161 cm³/mol. The first kappa shape index (κ1) is 26.4. The highest BCUT2D eigenvalue weighted by atomic mass is 16.3. The normalized spacial score (nSPS) is 22.9. The maximum Gasteiger partial charge on any atom is 0.256 e. The van der Waals surface area contributed by atoms with Crippen molar-refractivity contribution in [3.8, 4) is 11.1 Å². The monoisotopic (exact) mass is 552 g/mol. The second kappa shape index (κ2) is 10.1. The van der Waals surface area contributed by atoms with E-state index in [1.54, 1.807) is 0 Å². The lowest BCUT2D eigenvalue weighted by Crippen LogP contribution is -2.52. The molecule has 0 N–H and O–H groups in total. The molecule has 0 bridgehead atoms. The van der Waals surface area contributed by atoms with Gasteiger partial charge in [0.2, 0.25) is 5.91 Å². The van der Waals surface area contributed by atoms with Crippen LogP contribution in [0.2, 0.25) is 0 Å². The highest BCUT2D eigenvalue weighted by Crippen LogP contribution is 2.38. The Balaban J connectivity index is 1.16. The van der Waals surface area contributed by atoms with E-state index in [9.17, 15) is 9.59 Å². The number of amidine groups is 1. The number of aryl methyl sites for hydroxylation is 1. The van der Waals surface area contributed by atoms with Gasteiger partial charge in [-0.25, -0.2) is 0 Å². The minimum Gasteiger partial charge on any atom is -0.461 e. The van der Waals surface area contributed by atoms with Crippen molar-refractivity contribution in [1.29, 1.82) is 0 Å². The Morgan fingerprint density at radius 3 is 2.39 bits per heavy atom. The van der Waals surface area contributed by atoms with E-state index < -0.39 is 5.54 Å². The summed E-state index contributed by atoms with van der Waals surface area (Å²) in [6.07, 6.45) is 4.51. The summed E-state index contributed by atoms with van der Waals surface area (Å²) < 4.78 is 5.75. The third-order valence-corrected chi connectivity index (χ3v) is 9.66. The number of benzene rings is 2. The van der Waals surface area contributed by atoms with Gasteiger partial charge in [-0.2, -0.15) is 0 Å². The first-order valence-corrected chi connectivity index (χ1v) is 15.4. The number of hydrogen-bond donors (Lipinski definition) is 0. The van der Waals surface area contributed by atoms with Gasteiger partial charge in [-0.1, -0.05) is 30.3 Å². The van der Waals surface area contributed by atoms with E-state index in [0.29, 0.717) is 18.5 Å². The van der Waals surface area contributed by atoms with E-state index in [1.165, 1.54) is 0 Å². The van der Waals surface area contributed by atoms with Crippen LogP contribution in [0.4, 0.5) is 0 Å². The van der Waals surface area contributed by atoms with Crippen LogP contribution in [0.15, 0.2) is 57.9 Å². The Bertz CT molecular complexity index is 1510. The van der Waals surface area contributed by atoms with Gasteiger partial charge in [-0.15, -0.1) is 0 Å². The molecule has 4 heterocycles. The van der Waals surface area contributed by atoms with Crippen LogP contribution >= 0.6 is 0 Å². The number of aliphatic imine (C=N–C) groups is 1. The number of piperidine rings is 1. The Labute approximate surface area is 242 Å². The Morgan fingerprint density at radius 1 is 0.976 bits per heavy atom. The summed E-state index contributed by atoms with van der Waals surface area (Å²) in [6, 6.07) is 17.3. The zero-order valence-electron chi connectivity index (χ0n) is 24.4. The number of likely N-dealkylation sites (tertiary alicyclic amines) is 2. The van der Waals surface area contributed by atoms with Crippen molar-refractivity contribution < 1.29 is 14.0 Å². The minimum atomic E-state index is -0.675. The molecule has 7 rings (SSSR count). The molecule has 3 aromatic rings. The molecular weight excluding hydrogens is 512 g/mol. The third-order valence-electron chi connectivity index (χ3n) is 9.66. The molecule has 1 aromatic heterocycles. The summed E-state index contributed by atoms with van der Waals surface area (Å²) in [7, 11) is 0. The van der Waals surface area contributed by atoms with Gasteiger partial charge in [0.15, 0.2) is 0 Å². The van der Waals surface area contributed by atoms with E-state index in [1.807, 2.05) is 22.8 Å². The number of nitrogens with zero attached hydrogens (tertiary/aromatic N) is 4. The number of carbonyl (C=O) groups is 2. The first-order chi connectivity index (χ1) is 19.8. The molecule has 7 nitrogen and oxygen atoms in total. The molecule has 0 radical (unpaired) electrons. The maximum absolute atomic E-state index is 14.2. The zero-order chi connectivity index (χ0) is 28.3. The van der Waals surface area contributed by atoms with Crippen molar-refractivity contribution in [3.63, 3.8) is 0 Å². The van der Waals surface area contributed by atoms with Gasteiger partial charge in [0.1, 0.15) is 22.7 Å². The highest BCUT2D eigenvalue weighted by Gasteiger charge is 2.51. The molecule has 2 saturated heterocycles. The smallest absolute Gasteiger partial charge is 0.256 e. The third kappa shape index (κ3) is 4.88. The van der Waals surface area contributed by atoms with E-state index in [0.717, 1.165) is 97.5 Å². The fraction of sp³-hybridized carbons (Fsp3) is 0.500. The van der Waals surface area contributed by atoms with Crippen molar-refractivity contribution in [2.24, 2.45) is 16.8 Å². The lowest BCUT2D eigenvalue weighted by Gasteiger charge is -2.38. The number of rotatable bonds is 6. The van der Waals surface area contributed by atoms with Crippen LogP contribution in [0.3, 0.4) is 0 Å². The highest BCUT2D eigenvalue weighted by molar-refractivity contribution is 6.15. The zero-order valence-corrected chi connectivity index (χ0v) is 24.4. The van der Waals surface area contributed by atoms with Crippen LogP contribution in [0.25, 0.3) is 22.1 Å². The average Bonchev–Trinajstić information content (AvgIpc) is 3.52. The summed E-state index contributed by atoms with van der Waals surface area (Å²) in [6.45, 7) is 10.4. The number of furan rings is 1. The molecular formula is C34H40N4O3. The van der Waals surface area contributed by atoms with Gasteiger partial charge in [0.25, 0.3) is 5.91 Å². The van der Waals surface area contributed by atoms with Gasteiger partial charge in [0, 0.05) is 55.6 Å². The second-order valence-corrected chi connectivity index (χ2v) is 12.9. The van der Waals surface area contributed by atoms with Crippen LogP contribution in [0, 0.1) is 18.8 Å². The molecule has 1 aliphatic carbocycles. The number of fused-ring (bicyclic) bond motifs is 1. The molecule has 214 valence electrons. The SMILES string of the molecule is Cc1cc2cc(-c3ccc(C4=NC5(CCN(C(C)C)CC5)C(=O)N4C[C@@H]4CCN(C(=O)C5CC5)C4)cc3)ccc2o1. The summed E-state index contributed by atoms with van der Waals surface area (Å²) in [4.78, 5) is 38.6. The standard InChI is InChI=1S/C34H40N4O3/c1-22(2)36-16-13-34(14-17-36)33(40)38(21-24-12-15-37(20-24)32(39)27-8-9-27)31(35-34)26-6-4-25(5-7-26)28-10-11-30-29(19-28)18-23(3)41-30/h4-7,10-11,18-19,22,24,27H,8-9,12-17,20-21H2,1-3H3/t24-/m1/s1. The van der Waals surface area contributed by atoms with Crippen LogP contribution in [-0.2, 0) is 9.59 Å². The van der Waals surface area contributed by atoms with E-state index in [-0.39, 0.29) is 17.7 Å². The Kier molecular flexibility index (Phi) is 6.53. The van der Waals surface area contributed by atoms with E-state index >= 15 is 0 Å². The summed E-state index contributed by atoms with van der Waals surface area (Å²) in [5, 5.41) is 1.10. The van der Waals surface area contributed by atoms with Crippen LogP contribution in [0.5, 0.6) is 0 Å². The van der Waals surface area contributed by atoms with Crippen molar-refractivity contribution >= 4 is 28.6 Å². The summed E-state index contributed by atoms with van der Waals surface area (Å²) >= 11 is 0. The van der Waals surface area contributed by atoms with Crippen LogP contribution in [-0.4, -0.2) is 76.7 Å². The van der Waals surface area contributed by atoms with Crippen molar-refractivity contribution in [1.82, 2.24) is 14.7 Å². The quantitative estimate of drug-likeness (QED) is 0.405. The fourth-order valence-electron chi connectivity index (χ4n) is 6.98. The van der Waals surface area contributed by atoms with E-state index in [4.69, 9.17) is 9.41 Å². The van der Waals surface area contributed by atoms with Gasteiger partial charge in [-0.05, 0) is 88.1 Å². The lowest BCUT2D eigenvalue weighted by molar-refractivity contribution is -0.133. The first-order valence-electron chi connectivity index (χ1n) is 15.4. The predicted octanol–water partition coefficient (Wildman–Crippen LogP) is 5.50. The molecule has 1 saturated carbocycles. The fourth-order valence-corrected chi connectivity index (χ4v) is 6.98. The summed E-state index contributed by atoms with van der Waals surface area (Å²) in [5.41, 5.74) is 3.46. The van der Waals surface area contributed by atoms with Crippen LogP contribution < -0.4 is 0 Å². The molecule has 2 amide bonds. The minimum absolute atomic E-state index is 0.146. The van der Waals surface area contributed by atoms with Gasteiger partial charge >= 0.3 is 0 Å².